The predicted molar refractivity (Wildman–Crippen MR) is 130 cm³/mol. The topological polar surface area (TPSA) is 119 Å². The molecule has 9 nitrogen and oxygen atoms in total. The molecule has 3 heterocycles. The van der Waals surface area contributed by atoms with Crippen LogP contribution in [0.2, 0.25) is 0 Å². The third-order valence-corrected chi connectivity index (χ3v) is 6.65. The normalized spacial score (nSPS) is 20.0. The van der Waals surface area contributed by atoms with Crippen LogP contribution in [-0.4, -0.2) is 50.7 Å². The van der Waals surface area contributed by atoms with Gasteiger partial charge in [0, 0.05) is 44.2 Å². The number of aryl methyl sites for hydroxylation is 1. The van der Waals surface area contributed by atoms with E-state index in [9.17, 15) is 14.0 Å². The average molecular weight is 478 g/mol. The molecular formula is C25H28FN7O2. The lowest BCUT2D eigenvalue weighted by atomic mass is 9.89. The van der Waals surface area contributed by atoms with Gasteiger partial charge in [-0.2, -0.15) is 5.10 Å². The first-order valence-corrected chi connectivity index (χ1v) is 11.8. The summed E-state index contributed by atoms with van der Waals surface area (Å²) in [5.41, 5.74) is 7.99. The summed E-state index contributed by atoms with van der Waals surface area (Å²) in [5, 5.41) is 7.12. The van der Waals surface area contributed by atoms with E-state index in [1.165, 1.54) is 24.6 Å². The molecule has 182 valence electrons. The number of halogens is 1. The summed E-state index contributed by atoms with van der Waals surface area (Å²) in [5.74, 6) is 0.0749. The van der Waals surface area contributed by atoms with Crippen LogP contribution >= 0.6 is 0 Å². The molecule has 1 saturated carbocycles. The van der Waals surface area contributed by atoms with Crippen molar-refractivity contribution in [1.29, 1.82) is 0 Å². The summed E-state index contributed by atoms with van der Waals surface area (Å²) in [6.07, 6.45) is 6.51. The number of primary amides is 1. The SMILES string of the molecule is Cn1cc(Nc2nc(N3CC[C@@H](F)[C@@H](CC(=O)c4ccc(C5CC5)cc4)C3)cnc2C(N)=O)cn1. The number of rotatable bonds is 8. The largest absolute Gasteiger partial charge is 0.364 e. The van der Waals surface area contributed by atoms with Crippen LogP contribution in [0.4, 0.5) is 21.7 Å². The van der Waals surface area contributed by atoms with E-state index in [4.69, 9.17) is 5.73 Å². The number of hydrogen-bond acceptors (Lipinski definition) is 7. The standard InChI is InChI=1S/C25H28FN7O2/c1-32-14-19(11-29-32)30-25-23(24(27)35)28-12-22(31-25)33-9-8-20(26)18(13-33)10-21(34)17-6-4-16(5-7-17)15-2-3-15/h4-7,11-12,14-15,18,20H,2-3,8-10,13H2,1H3,(H2,27,35)(H,30,31)/t18-,20+/m0/s1. The van der Waals surface area contributed by atoms with E-state index in [-0.39, 0.29) is 30.1 Å². The number of carbonyl (C=O) groups excluding carboxylic acids is 2. The highest BCUT2D eigenvalue weighted by Gasteiger charge is 2.32. The number of alkyl halides is 1. The van der Waals surface area contributed by atoms with Crippen molar-refractivity contribution in [2.45, 2.75) is 37.8 Å². The van der Waals surface area contributed by atoms with Crippen LogP contribution in [0.3, 0.4) is 0 Å². The lowest BCUT2D eigenvalue weighted by molar-refractivity contribution is 0.0911. The Morgan fingerprint density at radius 1 is 1.17 bits per heavy atom. The van der Waals surface area contributed by atoms with Crippen LogP contribution in [0.25, 0.3) is 0 Å². The average Bonchev–Trinajstić information content (AvgIpc) is 3.62. The highest BCUT2D eigenvalue weighted by molar-refractivity contribution is 5.97. The van der Waals surface area contributed by atoms with Crippen molar-refractivity contribution in [2.75, 3.05) is 23.3 Å². The second kappa shape index (κ2) is 9.44. The Bertz CT molecular complexity index is 1240. The third kappa shape index (κ3) is 5.16. The number of amides is 1. The fourth-order valence-corrected chi connectivity index (χ4v) is 4.54. The predicted octanol–water partition coefficient (Wildman–Crippen LogP) is 3.37. The molecular weight excluding hydrogens is 449 g/mol. The summed E-state index contributed by atoms with van der Waals surface area (Å²) in [4.78, 5) is 35.4. The third-order valence-electron chi connectivity index (χ3n) is 6.65. The van der Waals surface area contributed by atoms with Gasteiger partial charge in [-0.3, -0.25) is 14.3 Å². The maximum atomic E-state index is 14.8. The minimum atomic E-state index is -1.08. The maximum absolute atomic E-state index is 14.8. The number of nitrogens with two attached hydrogens (primary N) is 1. The van der Waals surface area contributed by atoms with Crippen molar-refractivity contribution in [3.05, 3.63) is 59.7 Å². The number of anilines is 3. The van der Waals surface area contributed by atoms with Crippen molar-refractivity contribution in [3.8, 4) is 0 Å². The molecule has 1 saturated heterocycles. The van der Waals surface area contributed by atoms with E-state index in [0.717, 1.165) is 0 Å². The van der Waals surface area contributed by atoms with Gasteiger partial charge in [-0.25, -0.2) is 14.4 Å². The quantitative estimate of drug-likeness (QED) is 0.478. The molecule has 0 radical (unpaired) electrons. The van der Waals surface area contributed by atoms with E-state index in [1.54, 1.807) is 24.1 Å². The molecule has 0 unspecified atom stereocenters. The Hall–Kier alpha value is -3.82. The molecule has 3 N–H and O–H groups in total. The first-order valence-electron chi connectivity index (χ1n) is 11.8. The molecule has 2 fully saturated rings. The first-order chi connectivity index (χ1) is 16.9. The summed E-state index contributed by atoms with van der Waals surface area (Å²) in [6, 6.07) is 7.73. The van der Waals surface area contributed by atoms with Gasteiger partial charge >= 0.3 is 0 Å². The summed E-state index contributed by atoms with van der Waals surface area (Å²) < 4.78 is 16.4. The molecule has 2 atom stereocenters. The highest BCUT2D eigenvalue weighted by Crippen LogP contribution is 2.40. The minimum absolute atomic E-state index is 0.000599. The molecule has 0 bridgehead atoms. The van der Waals surface area contributed by atoms with E-state index in [1.807, 2.05) is 29.2 Å². The van der Waals surface area contributed by atoms with E-state index < -0.39 is 18.0 Å². The molecule has 3 aromatic rings. The number of nitrogens with zero attached hydrogens (tertiary/aromatic N) is 5. The molecule has 5 rings (SSSR count). The zero-order valence-electron chi connectivity index (χ0n) is 19.5. The van der Waals surface area contributed by atoms with Crippen molar-refractivity contribution in [3.63, 3.8) is 0 Å². The second-order valence-corrected chi connectivity index (χ2v) is 9.35. The smallest absolute Gasteiger partial charge is 0.271 e. The second-order valence-electron chi connectivity index (χ2n) is 9.35. The number of nitrogens with one attached hydrogen (secondary N) is 1. The van der Waals surface area contributed by atoms with E-state index >= 15 is 0 Å². The number of benzene rings is 1. The summed E-state index contributed by atoms with van der Waals surface area (Å²) in [7, 11) is 1.77. The lowest BCUT2D eigenvalue weighted by Gasteiger charge is -2.35. The summed E-state index contributed by atoms with van der Waals surface area (Å²) >= 11 is 0. The molecule has 0 spiro atoms. The zero-order valence-corrected chi connectivity index (χ0v) is 19.5. The minimum Gasteiger partial charge on any atom is -0.364 e. The van der Waals surface area contributed by atoms with Gasteiger partial charge in [0.25, 0.3) is 5.91 Å². The monoisotopic (exact) mass is 477 g/mol. The van der Waals surface area contributed by atoms with E-state index in [2.05, 4.69) is 20.4 Å². The molecule has 1 aliphatic heterocycles. The Kier molecular flexibility index (Phi) is 6.19. The molecule has 35 heavy (non-hydrogen) atoms. The number of Topliss-reactive ketones (excluding diaryl/α,β-unsaturated/α-hetero) is 1. The molecule has 2 aromatic heterocycles. The highest BCUT2D eigenvalue weighted by atomic mass is 19.1. The fraction of sp³-hybridized carbons (Fsp3) is 0.400. The van der Waals surface area contributed by atoms with E-state index in [0.29, 0.717) is 36.1 Å². The zero-order chi connectivity index (χ0) is 24.5. The Morgan fingerprint density at radius 3 is 2.60 bits per heavy atom. The number of hydrogen-bond donors (Lipinski definition) is 2. The number of piperidine rings is 1. The van der Waals surface area contributed by atoms with Crippen LogP contribution in [0.15, 0.2) is 42.9 Å². The Morgan fingerprint density at radius 2 is 1.94 bits per heavy atom. The van der Waals surface area contributed by atoms with Crippen molar-refractivity contribution >= 4 is 29.0 Å². The number of aromatic nitrogens is 4. The molecule has 1 aliphatic carbocycles. The van der Waals surface area contributed by atoms with Crippen LogP contribution in [-0.2, 0) is 7.05 Å². The van der Waals surface area contributed by atoms with Crippen LogP contribution in [0.1, 0.15) is 58.0 Å². The molecule has 1 aromatic carbocycles. The van der Waals surface area contributed by atoms with Gasteiger partial charge in [0.15, 0.2) is 17.3 Å². The van der Waals surface area contributed by atoms with Gasteiger partial charge in [0.05, 0.1) is 18.1 Å². The number of ketones is 1. The van der Waals surface area contributed by atoms with Crippen LogP contribution < -0.4 is 16.0 Å². The number of carbonyl (C=O) groups is 2. The van der Waals surface area contributed by atoms with Crippen molar-refractivity contribution in [1.82, 2.24) is 19.7 Å². The summed E-state index contributed by atoms with van der Waals surface area (Å²) in [6.45, 7) is 0.753. The van der Waals surface area contributed by atoms with Gasteiger partial charge in [0.2, 0.25) is 0 Å². The maximum Gasteiger partial charge on any atom is 0.271 e. The van der Waals surface area contributed by atoms with Crippen LogP contribution in [0, 0.1) is 5.92 Å². The van der Waals surface area contributed by atoms with Gasteiger partial charge in [0.1, 0.15) is 12.0 Å². The first kappa shape index (κ1) is 22.9. The Labute approximate surface area is 202 Å². The van der Waals surface area contributed by atoms with Gasteiger partial charge in [-0.05, 0) is 30.7 Å². The molecule has 1 amide bonds. The van der Waals surface area contributed by atoms with Gasteiger partial charge in [-0.1, -0.05) is 24.3 Å². The molecule has 10 heteroatoms. The van der Waals surface area contributed by atoms with Crippen molar-refractivity contribution in [2.24, 2.45) is 18.7 Å². The Balaban J connectivity index is 1.31. The van der Waals surface area contributed by atoms with Crippen molar-refractivity contribution < 1.29 is 14.0 Å². The van der Waals surface area contributed by atoms with Gasteiger partial charge in [-0.15, -0.1) is 0 Å². The lowest BCUT2D eigenvalue weighted by Crippen LogP contribution is -2.43. The fourth-order valence-electron chi connectivity index (χ4n) is 4.54. The van der Waals surface area contributed by atoms with Crippen LogP contribution in [0.5, 0.6) is 0 Å². The van der Waals surface area contributed by atoms with Gasteiger partial charge < -0.3 is 16.0 Å². The molecule has 2 aliphatic rings.